The largest absolute Gasteiger partial charge is 0.305 e. The topological polar surface area (TPSA) is 54.9 Å². The number of thioether (sulfide) groups is 1. The predicted octanol–water partition coefficient (Wildman–Crippen LogP) is 4.33. The van der Waals surface area contributed by atoms with E-state index in [2.05, 4.69) is 27.6 Å². The van der Waals surface area contributed by atoms with Crippen LogP contribution in [0, 0.1) is 6.92 Å². The molecule has 0 atom stereocenters. The van der Waals surface area contributed by atoms with Crippen molar-refractivity contribution in [3.8, 4) is 0 Å². The highest BCUT2D eigenvalue weighted by Gasteiger charge is 2.07. The number of rotatable bonds is 5. The quantitative estimate of drug-likeness (QED) is 0.705. The number of carbonyl (C=O) groups is 1. The van der Waals surface area contributed by atoms with Crippen molar-refractivity contribution in [2.45, 2.75) is 17.7 Å². The molecule has 0 bridgehead atoms. The maximum atomic E-state index is 12.1. The van der Waals surface area contributed by atoms with Crippen LogP contribution in [0.4, 0.5) is 5.82 Å². The van der Waals surface area contributed by atoms with Crippen LogP contribution in [0.3, 0.4) is 0 Å². The molecule has 0 spiro atoms. The van der Waals surface area contributed by atoms with Gasteiger partial charge < -0.3 is 5.32 Å². The number of carbonyl (C=O) groups excluding carboxylic acids is 1. The third kappa shape index (κ3) is 4.43. The minimum atomic E-state index is -0.186. The van der Waals surface area contributed by atoms with Crippen molar-refractivity contribution in [2.75, 3.05) is 5.32 Å². The van der Waals surface area contributed by atoms with Crippen molar-refractivity contribution in [1.82, 2.24) is 10.2 Å². The molecule has 4 nitrogen and oxygen atoms in total. The third-order valence-corrected chi connectivity index (χ3v) is 4.42. The number of hydrogen-bond acceptors (Lipinski definition) is 4. The van der Waals surface area contributed by atoms with Gasteiger partial charge in [0.05, 0.1) is 0 Å². The Morgan fingerprint density at radius 3 is 2.38 bits per heavy atom. The summed E-state index contributed by atoms with van der Waals surface area (Å²) in [5, 5.41) is 11.8. The van der Waals surface area contributed by atoms with E-state index in [1.54, 1.807) is 30.0 Å². The van der Waals surface area contributed by atoms with Crippen molar-refractivity contribution in [3.05, 3.63) is 83.4 Å². The minimum Gasteiger partial charge on any atom is -0.305 e. The van der Waals surface area contributed by atoms with E-state index in [4.69, 9.17) is 0 Å². The van der Waals surface area contributed by atoms with E-state index in [0.29, 0.717) is 11.4 Å². The summed E-state index contributed by atoms with van der Waals surface area (Å²) in [7, 11) is 0. The fourth-order valence-electron chi connectivity index (χ4n) is 2.09. The van der Waals surface area contributed by atoms with Gasteiger partial charge in [-0.05, 0) is 36.8 Å². The van der Waals surface area contributed by atoms with Crippen LogP contribution in [0.5, 0.6) is 0 Å². The average Bonchev–Trinajstić information content (AvgIpc) is 2.62. The molecule has 0 saturated carbocycles. The second-order valence-electron chi connectivity index (χ2n) is 5.35. The van der Waals surface area contributed by atoms with Crippen molar-refractivity contribution in [3.63, 3.8) is 0 Å². The Morgan fingerprint density at radius 1 is 0.958 bits per heavy atom. The first-order valence-corrected chi connectivity index (χ1v) is 8.58. The molecule has 24 heavy (non-hydrogen) atoms. The number of aryl methyl sites for hydroxylation is 1. The lowest BCUT2D eigenvalue weighted by atomic mass is 10.1. The molecule has 0 aliphatic heterocycles. The Balaban J connectivity index is 1.58. The SMILES string of the molecule is Cc1ccc(C(=O)Nc2ccc(SCc3ccccc3)nn2)cc1. The van der Waals surface area contributed by atoms with Gasteiger partial charge in [-0.15, -0.1) is 10.2 Å². The monoisotopic (exact) mass is 335 g/mol. The van der Waals surface area contributed by atoms with Gasteiger partial charge in [-0.3, -0.25) is 4.79 Å². The van der Waals surface area contributed by atoms with Crippen LogP contribution in [0.2, 0.25) is 0 Å². The van der Waals surface area contributed by atoms with Crippen molar-refractivity contribution in [2.24, 2.45) is 0 Å². The molecule has 1 amide bonds. The summed E-state index contributed by atoms with van der Waals surface area (Å²) in [6, 6.07) is 21.2. The van der Waals surface area contributed by atoms with Crippen molar-refractivity contribution >= 4 is 23.5 Å². The summed E-state index contributed by atoms with van der Waals surface area (Å²) in [4.78, 5) is 12.1. The van der Waals surface area contributed by atoms with Gasteiger partial charge in [0.25, 0.3) is 5.91 Å². The number of aromatic nitrogens is 2. The number of anilines is 1. The molecule has 0 aliphatic rings. The lowest BCUT2D eigenvalue weighted by Crippen LogP contribution is -2.13. The minimum absolute atomic E-state index is 0.186. The van der Waals surface area contributed by atoms with E-state index in [-0.39, 0.29) is 5.91 Å². The van der Waals surface area contributed by atoms with Crippen LogP contribution in [0.15, 0.2) is 71.8 Å². The van der Waals surface area contributed by atoms with Crippen LogP contribution in [0.1, 0.15) is 21.5 Å². The normalized spacial score (nSPS) is 10.4. The van der Waals surface area contributed by atoms with Gasteiger partial charge in [0.15, 0.2) is 5.82 Å². The fraction of sp³-hybridized carbons (Fsp3) is 0.105. The average molecular weight is 335 g/mol. The smallest absolute Gasteiger partial charge is 0.256 e. The summed E-state index contributed by atoms with van der Waals surface area (Å²) in [5.41, 5.74) is 2.96. The molecule has 0 radical (unpaired) electrons. The first kappa shape index (κ1) is 16.2. The van der Waals surface area contributed by atoms with Gasteiger partial charge in [-0.1, -0.05) is 59.8 Å². The Bertz CT molecular complexity index is 802. The van der Waals surface area contributed by atoms with Crippen LogP contribution in [0.25, 0.3) is 0 Å². The molecule has 120 valence electrons. The Labute approximate surface area is 145 Å². The van der Waals surface area contributed by atoms with E-state index in [1.165, 1.54) is 5.56 Å². The molecule has 3 rings (SSSR count). The van der Waals surface area contributed by atoms with E-state index in [1.807, 2.05) is 43.3 Å². The van der Waals surface area contributed by atoms with Crippen molar-refractivity contribution < 1.29 is 4.79 Å². The molecule has 1 aromatic heterocycles. The van der Waals surface area contributed by atoms with Gasteiger partial charge in [-0.2, -0.15) is 0 Å². The zero-order valence-corrected chi connectivity index (χ0v) is 14.1. The lowest BCUT2D eigenvalue weighted by Gasteiger charge is -2.05. The highest BCUT2D eigenvalue weighted by atomic mass is 32.2. The van der Waals surface area contributed by atoms with Crippen LogP contribution >= 0.6 is 11.8 Å². The van der Waals surface area contributed by atoms with Gasteiger partial charge >= 0.3 is 0 Å². The Hall–Kier alpha value is -2.66. The molecule has 0 fully saturated rings. The van der Waals surface area contributed by atoms with Crippen LogP contribution in [-0.4, -0.2) is 16.1 Å². The summed E-state index contributed by atoms with van der Waals surface area (Å²) < 4.78 is 0. The first-order valence-electron chi connectivity index (χ1n) is 7.59. The standard InChI is InChI=1S/C19H17N3OS/c1-14-7-9-16(10-8-14)19(23)20-17-11-12-18(22-21-17)24-13-15-5-3-2-4-6-15/h2-12H,13H2,1H3,(H,20,21,23). The summed E-state index contributed by atoms with van der Waals surface area (Å²) in [6.07, 6.45) is 0. The molecule has 0 saturated heterocycles. The van der Waals surface area contributed by atoms with E-state index < -0.39 is 0 Å². The molecule has 1 N–H and O–H groups in total. The predicted molar refractivity (Wildman–Crippen MR) is 97.2 cm³/mol. The van der Waals surface area contributed by atoms with E-state index >= 15 is 0 Å². The lowest BCUT2D eigenvalue weighted by molar-refractivity contribution is 0.102. The number of benzene rings is 2. The van der Waals surface area contributed by atoms with Crippen molar-refractivity contribution in [1.29, 1.82) is 0 Å². The molecule has 3 aromatic rings. The second-order valence-corrected chi connectivity index (χ2v) is 6.35. The molecular formula is C19H17N3OS. The third-order valence-electron chi connectivity index (χ3n) is 3.42. The Kier molecular flexibility index (Phi) is 5.23. The zero-order chi connectivity index (χ0) is 16.8. The summed E-state index contributed by atoms with van der Waals surface area (Å²) in [5.74, 6) is 1.10. The highest BCUT2D eigenvalue weighted by Crippen LogP contribution is 2.20. The van der Waals surface area contributed by atoms with Gasteiger partial charge in [0.2, 0.25) is 0 Å². The van der Waals surface area contributed by atoms with Crippen LogP contribution in [-0.2, 0) is 5.75 Å². The Morgan fingerprint density at radius 2 is 1.71 bits per heavy atom. The molecule has 2 aromatic carbocycles. The van der Waals surface area contributed by atoms with Gasteiger partial charge in [0, 0.05) is 11.3 Å². The van der Waals surface area contributed by atoms with Gasteiger partial charge in [0.1, 0.15) is 5.03 Å². The second kappa shape index (κ2) is 7.75. The van der Waals surface area contributed by atoms with E-state index in [0.717, 1.165) is 16.3 Å². The maximum Gasteiger partial charge on any atom is 0.256 e. The zero-order valence-electron chi connectivity index (χ0n) is 13.3. The number of nitrogens with one attached hydrogen (secondary N) is 1. The fourth-order valence-corrected chi connectivity index (χ4v) is 2.86. The highest BCUT2D eigenvalue weighted by molar-refractivity contribution is 7.98. The van der Waals surface area contributed by atoms with Crippen LogP contribution < -0.4 is 5.32 Å². The first-order chi connectivity index (χ1) is 11.7. The maximum absolute atomic E-state index is 12.1. The van der Waals surface area contributed by atoms with Gasteiger partial charge in [-0.25, -0.2) is 0 Å². The summed E-state index contributed by atoms with van der Waals surface area (Å²) in [6.45, 7) is 1.99. The van der Waals surface area contributed by atoms with E-state index in [9.17, 15) is 4.79 Å². The number of hydrogen-bond donors (Lipinski definition) is 1. The number of amides is 1. The summed E-state index contributed by atoms with van der Waals surface area (Å²) >= 11 is 1.61. The molecule has 1 heterocycles. The molecule has 5 heteroatoms. The molecule has 0 unspecified atom stereocenters. The number of nitrogens with zero attached hydrogens (tertiary/aromatic N) is 2. The molecule has 0 aliphatic carbocycles. The molecular weight excluding hydrogens is 318 g/mol.